The number of amides is 2. The standard InChI is InChI=1S/C10H23N3O8P2S2/c14-8(11-2-1-4-24)6-13(3-5-25)7-9(15)12-10(22(16,17)18)23(19,20)21/h10,24-25H,1-7H2,(H,11,14)(H,12,15)(H2,16,17,18)(H2,19,20,21). The lowest BCUT2D eigenvalue weighted by molar-refractivity contribution is -0.125. The fourth-order valence-electron chi connectivity index (χ4n) is 1.68. The van der Waals surface area contributed by atoms with Gasteiger partial charge in [0.2, 0.25) is 17.3 Å². The molecule has 2 amide bonds. The van der Waals surface area contributed by atoms with Crippen LogP contribution in [0.15, 0.2) is 0 Å². The number of nitrogens with one attached hydrogen (secondary N) is 2. The SMILES string of the molecule is O=C(CN(CCS)CC(=O)NC(P(=O)(O)O)P(=O)(O)O)NCCCS. The molecule has 0 saturated heterocycles. The topological polar surface area (TPSA) is 176 Å². The van der Waals surface area contributed by atoms with Gasteiger partial charge in [0.25, 0.3) is 0 Å². The summed E-state index contributed by atoms with van der Waals surface area (Å²) in [5.74, 6) is -0.535. The van der Waals surface area contributed by atoms with Crippen molar-refractivity contribution in [3.63, 3.8) is 0 Å². The smallest absolute Gasteiger partial charge is 0.355 e. The van der Waals surface area contributed by atoms with Gasteiger partial charge >= 0.3 is 15.2 Å². The minimum Gasteiger partial charge on any atom is -0.355 e. The molecule has 6 N–H and O–H groups in total. The summed E-state index contributed by atoms with van der Waals surface area (Å²) in [6, 6.07) is 0. The zero-order valence-corrected chi connectivity index (χ0v) is 16.8. The van der Waals surface area contributed by atoms with E-state index < -0.39 is 33.2 Å². The first-order valence-corrected chi connectivity index (χ1v) is 11.6. The number of hydrogen-bond donors (Lipinski definition) is 8. The first-order chi connectivity index (χ1) is 11.4. The van der Waals surface area contributed by atoms with Crippen LogP contribution in [0.4, 0.5) is 0 Å². The summed E-state index contributed by atoms with van der Waals surface area (Å²) in [5, 5.41) is 4.24. The Kier molecular flexibility index (Phi) is 11.5. The highest BCUT2D eigenvalue weighted by atomic mass is 32.1. The maximum Gasteiger partial charge on any atom is 0.360 e. The lowest BCUT2D eigenvalue weighted by Gasteiger charge is -2.24. The van der Waals surface area contributed by atoms with Crippen molar-refractivity contribution in [3.05, 3.63) is 0 Å². The van der Waals surface area contributed by atoms with Crippen molar-refractivity contribution < 1.29 is 38.3 Å². The average Bonchev–Trinajstić information content (AvgIpc) is 2.43. The zero-order valence-electron chi connectivity index (χ0n) is 13.2. The van der Waals surface area contributed by atoms with Crippen molar-refractivity contribution in [3.8, 4) is 0 Å². The highest BCUT2D eigenvalue weighted by Gasteiger charge is 2.44. The van der Waals surface area contributed by atoms with E-state index in [-0.39, 0.29) is 24.7 Å². The molecule has 0 atom stereocenters. The van der Waals surface area contributed by atoms with Crippen molar-refractivity contribution >= 4 is 52.3 Å². The fourth-order valence-corrected chi connectivity index (χ4v) is 4.31. The number of nitrogens with zero attached hydrogens (tertiary/aromatic N) is 1. The van der Waals surface area contributed by atoms with Gasteiger partial charge in [0.15, 0.2) is 0 Å². The number of carbonyl (C=O) groups is 2. The molecule has 148 valence electrons. The Morgan fingerprint density at radius 1 is 0.960 bits per heavy atom. The second-order valence-corrected chi connectivity index (χ2v) is 9.67. The molecule has 0 aromatic carbocycles. The molecule has 0 aliphatic heterocycles. The predicted octanol–water partition coefficient (Wildman–Crippen LogP) is -1.59. The quantitative estimate of drug-likeness (QED) is 0.101. The van der Waals surface area contributed by atoms with E-state index in [1.807, 2.05) is 0 Å². The van der Waals surface area contributed by atoms with Gasteiger partial charge in [-0.2, -0.15) is 25.3 Å². The third-order valence-electron chi connectivity index (χ3n) is 2.73. The predicted molar refractivity (Wildman–Crippen MR) is 97.8 cm³/mol. The molecule has 25 heavy (non-hydrogen) atoms. The molecule has 15 heteroatoms. The van der Waals surface area contributed by atoms with Gasteiger partial charge in [0.1, 0.15) is 0 Å². The first-order valence-electron chi connectivity index (χ1n) is 7.02. The Labute approximate surface area is 156 Å². The summed E-state index contributed by atoms with van der Waals surface area (Å²) in [5.41, 5.74) is -2.63. The van der Waals surface area contributed by atoms with E-state index in [9.17, 15) is 18.7 Å². The van der Waals surface area contributed by atoms with E-state index in [1.165, 1.54) is 4.90 Å². The van der Waals surface area contributed by atoms with Crippen molar-refractivity contribution in [1.29, 1.82) is 0 Å². The van der Waals surface area contributed by atoms with Gasteiger partial charge in [-0.15, -0.1) is 0 Å². The van der Waals surface area contributed by atoms with E-state index in [1.54, 1.807) is 5.32 Å². The minimum atomic E-state index is -5.27. The van der Waals surface area contributed by atoms with E-state index in [0.29, 0.717) is 18.7 Å². The van der Waals surface area contributed by atoms with E-state index in [2.05, 4.69) is 30.6 Å². The molecule has 0 aromatic heterocycles. The van der Waals surface area contributed by atoms with Crippen LogP contribution in [-0.4, -0.2) is 79.5 Å². The molecule has 0 rings (SSSR count). The van der Waals surface area contributed by atoms with Gasteiger partial charge in [-0.25, -0.2) is 0 Å². The second kappa shape index (κ2) is 11.6. The monoisotopic (exact) mass is 439 g/mol. The summed E-state index contributed by atoms with van der Waals surface area (Å²) in [6.07, 6.45) is 0.661. The summed E-state index contributed by atoms with van der Waals surface area (Å²) < 4.78 is 22.3. The fraction of sp³-hybridized carbons (Fsp3) is 0.800. The Balaban J connectivity index is 4.79. The van der Waals surface area contributed by atoms with Crippen LogP contribution in [-0.2, 0) is 18.7 Å². The van der Waals surface area contributed by atoms with Gasteiger partial charge in [-0.05, 0) is 12.2 Å². The lowest BCUT2D eigenvalue weighted by Crippen LogP contribution is -2.46. The molecule has 0 aliphatic carbocycles. The Bertz CT molecular complexity index is 518. The van der Waals surface area contributed by atoms with Gasteiger partial charge in [-0.1, -0.05) is 0 Å². The van der Waals surface area contributed by atoms with Crippen LogP contribution >= 0.6 is 40.4 Å². The van der Waals surface area contributed by atoms with Gasteiger partial charge < -0.3 is 30.2 Å². The van der Waals surface area contributed by atoms with Crippen LogP contribution in [0.3, 0.4) is 0 Å². The largest absolute Gasteiger partial charge is 0.360 e. The molecular formula is C10H23N3O8P2S2. The molecule has 0 aromatic rings. The third-order valence-corrected chi connectivity index (χ3v) is 6.59. The van der Waals surface area contributed by atoms with E-state index in [4.69, 9.17) is 19.6 Å². The summed E-state index contributed by atoms with van der Waals surface area (Å²) in [6.45, 7) is -0.0666. The van der Waals surface area contributed by atoms with Crippen LogP contribution in [0.25, 0.3) is 0 Å². The molecule has 0 saturated carbocycles. The highest BCUT2D eigenvalue weighted by molar-refractivity contribution is 7.80. The maximum absolute atomic E-state index is 11.9. The molecule has 0 heterocycles. The Morgan fingerprint density at radius 3 is 1.92 bits per heavy atom. The van der Waals surface area contributed by atoms with Gasteiger partial charge in [-0.3, -0.25) is 23.6 Å². The van der Waals surface area contributed by atoms with Crippen LogP contribution in [0.1, 0.15) is 6.42 Å². The van der Waals surface area contributed by atoms with E-state index in [0.717, 1.165) is 0 Å². The van der Waals surface area contributed by atoms with Gasteiger partial charge in [0, 0.05) is 18.8 Å². The van der Waals surface area contributed by atoms with Crippen LogP contribution in [0.2, 0.25) is 0 Å². The van der Waals surface area contributed by atoms with Crippen LogP contribution in [0, 0.1) is 0 Å². The number of rotatable bonds is 12. The van der Waals surface area contributed by atoms with Gasteiger partial charge in [0.05, 0.1) is 13.1 Å². The Morgan fingerprint density at radius 2 is 1.48 bits per heavy atom. The molecule has 0 bridgehead atoms. The first kappa shape index (κ1) is 24.9. The second-order valence-electron chi connectivity index (χ2n) is 4.98. The number of thiol groups is 2. The summed E-state index contributed by atoms with van der Waals surface area (Å²) in [4.78, 5) is 60.8. The molecule has 11 nitrogen and oxygen atoms in total. The molecule has 0 spiro atoms. The van der Waals surface area contributed by atoms with Crippen molar-refractivity contribution in [2.45, 2.75) is 11.9 Å². The van der Waals surface area contributed by atoms with Crippen LogP contribution < -0.4 is 10.6 Å². The Hall–Kier alpha value is -0.100. The molecule has 0 radical (unpaired) electrons. The molecule has 0 unspecified atom stereocenters. The van der Waals surface area contributed by atoms with Crippen molar-refractivity contribution in [2.24, 2.45) is 0 Å². The summed E-state index contributed by atoms with van der Waals surface area (Å²) >= 11 is 7.99. The zero-order chi connectivity index (χ0) is 19.7. The highest BCUT2D eigenvalue weighted by Crippen LogP contribution is 2.58. The van der Waals surface area contributed by atoms with Crippen molar-refractivity contribution in [1.82, 2.24) is 15.5 Å². The maximum atomic E-state index is 11.9. The number of carbonyl (C=O) groups excluding carboxylic acids is 2. The van der Waals surface area contributed by atoms with E-state index >= 15 is 0 Å². The lowest BCUT2D eigenvalue weighted by atomic mass is 10.4. The molecule has 0 aliphatic rings. The number of hydrogen-bond acceptors (Lipinski definition) is 7. The minimum absolute atomic E-state index is 0.183. The average molecular weight is 439 g/mol. The van der Waals surface area contributed by atoms with Crippen molar-refractivity contribution in [2.75, 3.05) is 37.7 Å². The normalized spacial score (nSPS) is 12.5. The molecular weight excluding hydrogens is 416 g/mol. The summed E-state index contributed by atoms with van der Waals surface area (Å²) in [7, 11) is -10.5. The van der Waals surface area contributed by atoms with Crippen LogP contribution in [0.5, 0.6) is 0 Å². The third kappa shape index (κ3) is 11.3. The molecule has 0 fully saturated rings.